The van der Waals surface area contributed by atoms with Crippen LogP contribution in [0.5, 0.6) is 0 Å². The second kappa shape index (κ2) is 3.64. The molecule has 1 atom stereocenters. The molecule has 2 nitrogen and oxygen atoms in total. The molecule has 2 N–H and O–H groups in total. The second-order valence-electron chi connectivity index (χ2n) is 4.26. The first kappa shape index (κ1) is 10.5. The monoisotopic (exact) mass is 182 g/mol. The number of aliphatic hydroxyl groups excluding tert-OH is 2. The third kappa shape index (κ3) is 1.84. The minimum atomic E-state index is -0.463. The first-order chi connectivity index (χ1) is 6.03. The number of hydrogen-bond donors (Lipinski definition) is 2. The highest BCUT2D eigenvalue weighted by atomic mass is 16.3. The largest absolute Gasteiger partial charge is 0.392 e. The van der Waals surface area contributed by atoms with Gasteiger partial charge in [0, 0.05) is 0 Å². The minimum Gasteiger partial charge on any atom is -0.392 e. The lowest BCUT2D eigenvalue weighted by Gasteiger charge is -2.21. The van der Waals surface area contributed by atoms with E-state index in [1.807, 2.05) is 6.08 Å². The van der Waals surface area contributed by atoms with E-state index in [1.54, 1.807) is 0 Å². The van der Waals surface area contributed by atoms with E-state index in [-0.39, 0.29) is 12.0 Å². The molecule has 0 bridgehead atoms. The van der Waals surface area contributed by atoms with Crippen molar-refractivity contribution in [3.63, 3.8) is 0 Å². The third-order valence-electron chi connectivity index (χ3n) is 2.83. The summed E-state index contributed by atoms with van der Waals surface area (Å²) in [6, 6.07) is 0. The highest BCUT2D eigenvalue weighted by molar-refractivity contribution is 5.32. The zero-order valence-electron chi connectivity index (χ0n) is 8.38. The van der Waals surface area contributed by atoms with E-state index in [4.69, 9.17) is 5.11 Å². The summed E-state index contributed by atoms with van der Waals surface area (Å²) in [5, 5.41) is 18.8. The molecular weight excluding hydrogens is 164 g/mol. The number of aliphatic hydroxyl groups is 2. The van der Waals surface area contributed by atoms with Gasteiger partial charge in [-0.25, -0.2) is 0 Å². The molecule has 0 aromatic carbocycles. The predicted octanol–water partition coefficient (Wildman–Crippen LogP) is 1.64. The number of allylic oxidation sites excluding steroid dienone is 2. The SMILES string of the molecule is C=CCC1=C(CO)[C@@H](O)CC1(C)C. The van der Waals surface area contributed by atoms with Gasteiger partial charge in [0.15, 0.2) is 0 Å². The van der Waals surface area contributed by atoms with E-state index in [0.29, 0.717) is 6.42 Å². The summed E-state index contributed by atoms with van der Waals surface area (Å²) in [6.45, 7) is 7.84. The fourth-order valence-corrected chi connectivity index (χ4v) is 2.12. The maximum atomic E-state index is 9.67. The van der Waals surface area contributed by atoms with E-state index >= 15 is 0 Å². The Morgan fingerprint density at radius 3 is 2.69 bits per heavy atom. The maximum Gasteiger partial charge on any atom is 0.0783 e. The summed E-state index contributed by atoms with van der Waals surface area (Å²) in [6.07, 6.45) is 2.84. The van der Waals surface area contributed by atoms with Crippen molar-refractivity contribution in [2.45, 2.75) is 32.8 Å². The third-order valence-corrected chi connectivity index (χ3v) is 2.83. The van der Waals surface area contributed by atoms with Gasteiger partial charge in [0.2, 0.25) is 0 Å². The first-order valence-electron chi connectivity index (χ1n) is 4.65. The Morgan fingerprint density at radius 2 is 2.23 bits per heavy atom. The standard InChI is InChI=1S/C11H18O2/c1-4-5-9-8(7-12)10(13)6-11(9,2)3/h4,10,12-13H,1,5-7H2,2-3H3/t10-/m0/s1. The van der Waals surface area contributed by atoms with Crippen LogP contribution in [0.25, 0.3) is 0 Å². The van der Waals surface area contributed by atoms with Crippen molar-refractivity contribution in [1.29, 1.82) is 0 Å². The van der Waals surface area contributed by atoms with Crippen LogP contribution in [-0.4, -0.2) is 22.9 Å². The predicted molar refractivity (Wildman–Crippen MR) is 53.3 cm³/mol. The second-order valence-corrected chi connectivity index (χ2v) is 4.26. The smallest absolute Gasteiger partial charge is 0.0783 e. The Morgan fingerprint density at radius 1 is 1.62 bits per heavy atom. The van der Waals surface area contributed by atoms with Gasteiger partial charge < -0.3 is 10.2 Å². The summed E-state index contributed by atoms with van der Waals surface area (Å²) in [5.74, 6) is 0. The fourth-order valence-electron chi connectivity index (χ4n) is 2.12. The molecular formula is C11H18O2. The van der Waals surface area contributed by atoms with Crippen molar-refractivity contribution in [3.8, 4) is 0 Å². The Bertz CT molecular complexity index is 238. The lowest BCUT2D eigenvalue weighted by Crippen LogP contribution is -2.13. The summed E-state index contributed by atoms with van der Waals surface area (Å²) < 4.78 is 0. The van der Waals surface area contributed by atoms with Gasteiger partial charge in [-0.1, -0.05) is 25.5 Å². The average Bonchev–Trinajstić information content (AvgIpc) is 2.23. The Balaban J connectivity index is 3.01. The molecule has 13 heavy (non-hydrogen) atoms. The van der Waals surface area contributed by atoms with Gasteiger partial charge in [-0.2, -0.15) is 0 Å². The van der Waals surface area contributed by atoms with Gasteiger partial charge in [-0.05, 0) is 23.8 Å². The lowest BCUT2D eigenvalue weighted by atomic mass is 9.83. The molecule has 0 spiro atoms. The van der Waals surface area contributed by atoms with Crippen LogP contribution in [0.2, 0.25) is 0 Å². The molecule has 1 aliphatic rings. The zero-order chi connectivity index (χ0) is 10.1. The van der Waals surface area contributed by atoms with Crippen molar-refractivity contribution < 1.29 is 10.2 Å². The fraction of sp³-hybridized carbons (Fsp3) is 0.636. The molecule has 0 amide bonds. The molecule has 0 aliphatic heterocycles. The first-order valence-corrected chi connectivity index (χ1v) is 4.65. The van der Waals surface area contributed by atoms with E-state index in [2.05, 4.69) is 20.4 Å². The van der Waals surface area contributed by atoms with E-state index in [9.17, 15) is 5.11 Å². The maximum absolute atomic E-state index is 9.67. The Hall–Kier alpha value is -0.600. The molecule has 0 fully saturated rings. The molecule has 0 radical (unpaired) electrons. The highest BCUT2D eigenvalue weighted by Gasteiger charge is 2.36. The normalized spacial score (nSPS) is 26.6. The molecule has 0 aromatic heterocycles. The van der Waals surface area contributed by atoms with Crippen LogP contribution in [0, 0.1) is 5.41 Å². The molecule has 1 rings (SSSR count). The summed E-state index contributed by atoms with van der Waals surface area (Å²) in [7, 11) is 0. The average molecular weight is 182 g/mol. The van der Waals surface area contributed by atoms with Crippen LogP contribution in [-0.2, 0) is 0 Å². The Labute approximate surface area is 79.6 Å². The van der Waals surface area contributed by atoms with Crippen molar-refractivity contribution >= 4 is 0 Å². The van der Waals surface area contributed by atoms with Crippen molar-refractivity contribution in [3.05, 3.63) is 23.8 Å². The summed E-state index contributed by atoms with van der Waals surface area (Å²) in [5.41, 5.74) is 1.95. The van der Waals surface area contributed by atoms with Gasteiger partial charge in [-0.3, -0.25) is 0 Å². The van der Waals surface area contributed by atoms with Crippen LogP contribution < -0.4 is 0 Å². The van der Waals surface area contributed by atoms with Crippen molar-refractivity contribution in [2.24, 2.45) is 5.41 Å². The van der Waals surface area contributed by atoms with Crippen LogP contribution in [0.3, 0.4) is 0 Å². The van der Waals surface area contributed by atoms with Gasteiger partial charge in [0.1, 0.15) is 0 Å². The topological polar surface area (TPSA) is 40.5 Å². The van der Waals surface area contributed by atoms with E-state index in [0.717, 1.165) is 17.6 Å². The molecule has 2 heteroatoms. The van der Waals surface area contributed by atoms with Crippen LogP contribution in [0.1, 0.15) is 26.7 Å². The molecule has 0 unspecified atom stereocenters. The van der Waals surface area contributed by atoms with Crippen LogP contribution in [0.4, 0.5) is 0 Å². The molecule has 1 aliphatic carbocycles. The van der Waals surface area contributed by atoms with Gasteiger partial charge >= 0.3 is 0 Å². The molecule has 0 saturated heterocycles. The van der Waals surface area contributed by atoms with E-state index in [1.165, 1.54) is 0 Å². The molecule has 74 valence electrons. The molecule has 0 saturated carbocycles. The summed E-state index contributed by atoms with van der Waals surface area (Å²) >= 11 is 0. The Kier molecular flexibility index (Phi) is 2.94. The number of rotatable bonds is 3. The van der Waals surface area contributed by atoms with E-state index < -0.39 is 6.10 Å². The van der Waals surface area contributed by atoms with Crippen LogP contribution >= 0.6 is 0 Å². The zero-order valence-corrected chi connectivity index (χ0v) is 8.38. The van der Waals surface area contributed by atoms with Gasteiger partial charge in [0.25, 0.3) is 0 Å². The minimum absolute atomic E-state index is 0.00562. The number of hydrogen-bond acceptors (Lipinski definition) is 2. The van der Waals surface area contributed by atoms with Crippen molar-refractivity contribution in [2.75, 3.05) is 6.61 Å². The molecule has 0 aromatic rings. The lowest BCUT2D eigenvalue weighted by molar-refractivity contribution is 0.168. The van der Waals surface area contributed by atoms with Gasteiger partial charge in [-0.15, -0.1) is 6.58 Å². The van der Waals surface area contributed by atoms with Gasteiger partial charge in [0.05, 0.1) is 12.7 Å². The van der Waals surface area contributed by atoms with Crippen LogP contribution in [0.15, 0.2) is 23.8 Å². The highest BCUT2D eigenvalue weighted by Crippen LogP contribution is 2.43. The van der Waals surface area contributed by atoms with Crippen molar-refractivity contribution in [1.82, 2.24) is 0 Å². The molecule has 0 heterocycles. The quantitative estimate of drug-likeness (QED) is 0.651. The summed E-state index contributed by atoms with van der Waals surface area (Å²) in [4.78, 5) is 0.